The Balaban J connectivity index is 2.07. The molecule has 0 saturated carbocycles. The smallest absolute Gasteiger partial charge is 0.319 e. The molecule has 2 aromatic carbocycles. The van der Waals surface area contributed by atoms with Gasteiger partial charge in [0.2, 0.25) is 0 Å². The van der Waals surface area contributed by atoms with Crippen LogP contribution in [0, 0.1) is 5.41 Å². The van der Waals surface area contributed by atoms with Crippen LogP contribution in [0.25, 0.3) is 0 Å². The number of benzene rings is 2. The van der Waals surface area contributed by atoms with Crippen LogP contribution >= 0.6 is 0 Å². The highest BCUT2D eigenvalue weighted by molar-refractivity contribution is 5.95. The zero-order chi connectivity index (χ0) is 19.6. The van der Waals surface area contributed by atoms with Crippen molar-refractivity contribution < 1.29 is 9.53 Å². The summed E-state index contributed by atoms with van der Waals surface area (Å²) in [4.78, 5) is 11.4. The summed E-state index contributed by atoms with van der Waals surface area (Å²) in [6, 6.07) is 15.7. The molecular weight excluding hydrogens is 340 g/mol. The maximum atomic E-state index is 11.4. The molecule has 0 radical (unpaired) electrons. The van der Waals surface area contributed by atoms with Crippen molar-refractivity contribution in [3.05, 3.63) is 65.2 Å². The SMILES string of the molecule is CCOC(=O)CNCCCC(c1ccc(N)cc1)c1cccc(C(=N)N)c1. The van der Waals surface area contributed by atoms with E-state index in [0.29, 0.717) is 12.2 Å². The Kier molecular flexibility index (Phi) is 7.82. The maximum Gasteiger partial charge on any atom is 0.319 e. The van der Waals surface area contributed by atoms with Crippen molar-refractivity contribution in [3.8, 4) is 0 Å². The van der Waals surface area contributed by atoms with Crippen molar-refractivity contribution in [2.45, 2.75) is 25.7 Å². The van der Waals surface area contributed by atoms with E-state index in [4.69, 9.17) is 21.6 Å². The maximum absolute atomic E-state index is 11.4. The Morgan fingerprint density at radius 1 is 1.19 bits per heavy atom. The van der Waals surface area contributed by atoms with E-state index in [1.54, 1.807) is 6.92 Å². The molecule has 0 spiro atoms. The van der Waals surface area contributed by atoms with Crippen LogP contribution in [0.15, 0.2) is 48.5 Å². The Morgan fingerprint density at radius 3 is 2.59 bits per heavy atom. The monoisotopic (exact) mass is 368 g/mol. The Bertz CT molecular complexity index is 759. The summed E-state index contributed by atoms with van der Waals surface area (Å²) in [5, 5.41) is 10.8. The third-order valence-corrected chi connectivity index (χ3v) is 4.36. The predicted molar refractivity (Wildman–Crippen MR) is 109 cm³/mol. The van der Waals surface area contributed by atoms with E-state index in [2.05, 4.69) is 11.4 Å². The summed E-state index contributed by atoms with van der Waals surface area (Å²) in [6.45, 7) is 3.13. The van der Waals surface area contributed by atoms with Crippen molar-refractivity contribution in [3.63, 3.8) is 0 Å². The van der Waals surface area contributed by atoms with Crippen LogP contribution in [0.3, 0.4) is 0 Å². The molecular formula is C21H28N4O2. The first-order valence-corrected chi connectivity index (χ1v) is 9.17. The van der Waals surface area contributed by atoms with Gasteiger partial charge in [0.15, 0.2) is 0 Å². The first kappa shape index (κ1) is 20.5. The highest BCUT2D eigenvalue weighted by Gasteiger charge is 2.15. The fraction of sp³-hybridized carbons (Fsp3) is 0.333. The molecule has 6 nitrogen and oxygen atoms in total. The number of nitrogens with two attached hydrogens (primary N) is 2. The van der Waals surface area contributed by atoms with Crippen LogP contribution in [0.1, 0.15) is 42.4 Å². The fourth-order valence-corrected chi connectivity index (χ4v) is 3.01. The van der Waals surface area contributed by atoms with Gasteiger partial charge in [-0.2, -0.15) is 0 Å². The molecule has 2 aromatic rings. The van der Waals surface area contributed by atoms with Crippen LogP contribution < -0.4 is 16.8 Å². The minimum Gasteiger partial charge on any atom is -0.465 e. The molecule has 6 heteroatoms. The number of nitrogen functional groups attached to an aromatic ring is 2. The van der Waals surface area contributed by atoms with Gasteiger partial charge in [0, 0.05) is 17.2 Å². The second-order valence-electron chi connectivity index (χ2n) is 6.38. The molecule has 0 aliphatic rings. The summed E-state index contributed by atoms with van der Waals surface area (Å²) in [5.74, 6) is -0.0138. The van der Waals surface area contributed by atoms with Gasteiger partial charge in [-0.3, -0.25) is 10.2 Å². The molecule has 0 aromatic heterocycles. The van der Waals surface area contributed by atoms with Gasteiger partial charge in [-0.1, -0.05) is 30.3 Å². The van der Waals surface area contributed by atoms with Gasteiger partial charge in [-0.05, 0) is 55.6 Å². The molecule has 0 saturated heterocycles. The molecule has 0 heterocycles. The average Bonchev–Trinajstić information content (AvgIpc) is 2.66. The lowest BCUT2D eigenvalue weighted by Crippen LogP contribution is -2.25. The lowest BCUT2D eigenvalue weighted by Gasteiger charge is -2.19. The minimum absolute atomic E-state index is 0.0593. The largest absolute Gasteiger partial charge is 0.465 e. The van der Waals surface area contributed by atoms with E-state index in [9.17, 15) is 4.79 Å². The fourth-order valence-electron chi connectivity index (χ4n) is 3.01. The first-order chi connectivity index (χ1) is 13.0. The summed E-state index contributed by atoms with van der Waals surface area (Å²) in [7, 11) is 0. The van der Waals surface area contributed by atoms with Crippen molar-refractivity contribution in [1.29, 1.82) is 5.41 Å². The van der Waals surface area contributed by atoms with Crippen LogP contribution in [0.2, 0.25) is 0 Å². The van der Waals surface area contributed by atoms with Crippen molar-refractivity contribution in [2.75, 3.05) is 25.4 Å². The van der Waals surface area contributed by atoms with Crippen LogP contribution in [-0.2, 0) is 9.53 Å². The number of carbonyl (C=O) groups is 1. The molecule has 0 amide bonds. The van der Waals surface area contributed by atoms with E-state index in [1.807, 2.05) is 42.5 Å². The van der Waals surface area contributed by atoms with E-state index < -0.39 is 0 Å². The van der Waals surface area contributed by atoms with Crippen LogP contribution in [0.4, 0.5) is 5.69 Å². The number of amidine groups is 1. The standard InChI is InChI=1S/C21H28N4O2/c1-2-27-20(26)14-25-12-4-7-19(15-8-10-18(22)11-9-15)16-5-3-6-17(13-16)21(23)24/h3,5-6,8-11,13,19,25H,2,4,7,12,14,22H2,1H3,(H3,23,24). The zero-order valence-electron chi connectivity index (χ0n) is 15.7. The first-order valence-electron chi connectivity index (χ1n) is 9.17. The third kappa shape index (κ3) is 6.42. The molecule has 6 N–H and O–H groups in total. The molecule has 144 valence electrons. The second kappa shape index (κ2) is 10.3. The van der Waals surface area contributed by atoms with Gasteiger partial charge in [0.25, 0.3) is 0 Å². The number of hydrogen-bond donors (Lipinski definition) is 4. The van der Waals surface area contributed by atoms with Crippen LogP contribution in [-0.4, -0.2) is 31.5 Å². The number of nitrogens with one attached hydrogen (secondary N) is 2. The molecule has 2 rings (SSSR count). The lowest BCUT2D eigenvalue weighted by molar-refractivity contribution is -0.141. The van der Waals surface area contributed by atoms with Crippen molar-refractivity contribution in [1.82, 2.24) is 5.32 Å². The summed E-state index contributed by atoms with van der Waals surface area (Å²) in [5.41, 5.74) is 15.2. The summed E-state index contributed by atoms with van der Waals surface area (Å²) < 4.78 is 4.91. The van der Waals surface area contributed by atoms with Crippen LogP contribution in [0.5, 0.6) is 0 Å². The van der Waals surface area contributed by atoms with E-state index in [0.717, 1.165) is 36.2 Å². The number of rotatable bonds is 10. The Labute approximate surface area is 160 Å². The highest BCUT2D eigenvalue weighted by atomic mass is 16.5. The molecule has 1 atom stereocenters. The normalized spacial score (nSPS) is 11.7. The molecule has 0 fully saturated rings. The van der Waals surface area contributed by atoms with Crippen molar-refractivity contribution >= 4 is 17.5 Å². The van der Waals surface area contributed by atoms with Gasteiger partial charge in [0.1, 0.15) is 5.84 Å². The minimum atomic E-state index is -0.234. The molecule has 1 unspecified atom stereocenters. The molecule has 27 heavy (non-hydrogen) atoms. The lowest BCUT2D eigenvalue weighted by atomic mass is 9.86. The van der Waals surface area contributed by atoms with Gasteiger partial charge in [-0.25, -0.2) is 0 Å². The number of ether oxygens (including phenoxy) is 1. The number of hydrogen-bond acceptors (Lipinski definition) is 5. The summed E-state index contributed by atoms with van der Waals surface area (Å²) in [6.07, 6.45) is 1.78. The van der Waals surface area contributed by atoms with Gasteiger partial charge in [0.05, 0.1) is 13.2 Å². The molecule has 0 aliphatic carbocycles. The highest BCUT2D eigenvalue weighted by Crippen LogP contribution is 2.30. The van der Waals surface area contributed by atoms with Crippen molar-refractivity contribution in [2.24, 2.45) is 5.73 Å². The Morgan fingerprint density at radius 2 is 1.93 bits per heavy atom. The number of anilines is 1. The van der Waals surface area contributed by atoms with E-state index >= 15 is 0 Å². The quantitative estimate of drug-likeness (QED) is 0.169. The van der Waals surface area contributed by atoms with E-state index in [1.165, 1.54) is 0 Å². The number of carbonyl (C=O) groups excluding carboxylic acids is 1. The molecule has 0 aliphatic heterocycles. The predicted octanol–water partition coefficient (Wildman–Crippen LogP) is 2.62. The zero-order valence-corrected chi connectivity index (χ0v) is 15.7. The van der Waals surface area contributed by atoms with Gasteiger partial charge in [-0.15, -0.1) is 0 Å². The second-order valence-corrected chi connectivity index (χ2v) is 6.38. The topological polar surface area (TPSA) is 114 Å². The molecule has 0 bridgehead atoms. The third-order valence-electron chi connectivity index (χ3n) is 4.36. The van der Waals surface area contributed by atoms with Gasteiger partial charge >= 0.3 is 5.97 Å². The average molecular weight is 368 g/mol. The summed E-state index contributed by atoms with van der Waals surface area (Å²) >= 11 is 0. The Hall–Kier alpha value is -2.86. The van der Waals surface area contributed by atoms with E-state index in [-0.39, 0.29) is 24.3 Å². The van der Waals surface area contributed by atoms with Gasteiger partial charge < -0.3 is 21.5 Å². The number of esters is 1.